The van der Waals surface area contributed by atoms with Crippen LogP contribution in [0.5, 0.6) is 0 Å². The van der Waals surface area contributed by atoms with Gasteiger partial charge in [-0.3, -0.25) is 4.79 Å². The zero-order valence-electron chi connectivity index (χ0n) is 11.9. The third-order valence-corrected chi connectivity index (χ3v) is 4.34. The second kappa shape index (κ2) is 6.31. The first-order valence-corrected chi connectivity index (χ1v) is 7.38. The smallest absolute Gasteiger partial charge is 0.136 e. The minimum Gasteiger partial charge on any atom is -0.299 e. The largest absolute Gasteiger partial charge is 0.299 e. The SMILES string of the molecule is CCCC1CCC(=O)C(Cc2ccc(F)cc2C)C1. The summed E-state index contributed by atoms with van der Waals surface area (Å²) in [6.45, 7) is 4.13. The third kappa shape index (κ3) is 3.65. The Morgan fingerprint density at radius 3 is 2.84 bits per heavy atom. The van der Waals surface area contributed by atoms with Crippen LogP contribution in [-0.4, -0.2) is 5.78 Å². The molecule has 104 valence electrons. The molecule has 0 aromatic heterocycles. The van der Waals surface area contributed by atoms with Crippen molar-refractivity contribution in [2.45, 2.75) is 52.4 Å². The van der Waals surface area contributed by atoms with Crippen LogP contribution in [0, 0.1) is 24.6 Å². The molecule has 0 radical (unpaired) electrons. The number of rotatable bonds is 4. The van der Waals surface area contributed by atoms with Gasteiger partial charge in [0, 0.05) is 12.3 Å². The fraction of sp³-hybridized carbons (Fsp3) is 0.588. The third-order valence-electron chi connectivity index (χ3n) is 4.34. The van der Waals surface area contributed by atoms with E-state index in [4.69, 9.17) is 0 Å². The average molecular weight is 262 g/mol. The van der Waals surface area contributed by atoms with Crippen molar-refractivity contribution in [2.24, 2.45) is 11.8 Å². The lowest BCUT2D eigenvalue weighted by Crippen LogP contribution is -2.26. The number of benzene rings is 1. The molecule has 2 atom stereocenters. The standard InChI is InChI=1S/C17H23FO/c1-3-4-13-5-8-17(19)15(10-13)11-14-6-7-16(18)9-12(14)2/h6-7,9,13,15H,3-5,8,10-11H2,1-2H3. The van der Waals surface area contributed by atoms with Gasteiger partial charge in [0.1, 0.15) is 11.6 Å². The van der Waals surface area contributed by atoms with Crippen molar-refractivity contribution in [3.8, 4) is 0 Å². The minimum atomic E-state index is -0.194. The van der Waals surface area contributed by atoms with E-state index in [2.05, 4.69) is 6.92 Å². The summed E-state index contributed by atoms with van der Waals surface area (Å²) in [5.74, 6) is 1.05. The molecule has 1 aliphatic rings. The molecule has 1 aromatic carbocycles. The molecule has 0 bridgehead atoms. The van der Waals surface area contributed by atoms with Gasteiger partial charge in [-0.15, -0.1) is 0 Å². The number of halogens is 1. The highest BCUT2D eigenvalue weighted by atomic mass is 19.1. The monoisotopic (exact) mass is 262 g/mol. The fourth-order valence-corrected chi connectivity index (χ4v) is 3.22. The number of aryl methyl sites for hydroxylation is 1. The molecule has 0 amide bonds. The Bertz CT molecular complexity index is 453. The van der Waals surface area contributed by atoms with Gasteiger partial charge >= 0.3 is 0 Å². The number of hydrogen-bond acceptors (Lipinski definition) is 1. The topological polar surface area (TPSA) is 17.1 Å². The molecule has 19 heavy (non-hydrogen) atoms. The van der Waals surface area contributed by atoms with Crippen molar-refractivity contribution in [3.63, 3.8) is 0 Å². The molecule has 0 N–H and O–H groups in total. The number of hydrogen-bond donors (Lipinski definition) is 0. The van der Waals surface area contributed by atoms with Gasteiger partial charge in [-0.25, -0.2) is 4.39 Å². The molecule has 1 nitrogen and oxygen atoms in total. The van der Waals surface area contributed by atoms with Gasteiger partial charge < -0.3 is 0 Å². The summed E-state index contributed by atoms with van der Waals surface area (Å²) < 4.78 is 13.1. The van der Waals surface area contributed by atoms with Crippen molar-refractivity contribution in [3.05, 3.63) is 35.1 Å². The lowest BCUT2D eigenvalue weighted by molar-refractivity contribution is -0.125. The van der Waals surface area contributed by atoms with Crippen LogP contribution in [0.1, 0.15) is 50.2 Å². The lowest BCUT2D eigenvalue weighted by atomic mass is 9.76. The maximum atomic E-state index is 13.1. The second-order valence-corrected chi connectivity index (χ2v) is 5.87. The quantitative estimate of drug-likeness (QED) is 0.783. The van der Waals surface area contributed by atoms with E-state index in [0.717, 1.165) is 36.8 Å². The normalized spacial score (nSPS) is 23.6. The van der Waals surface area contributed by atoms with E-state index in [1.165, 1.54) is 18.9 Å². The minimum absolute atomic E-state index is 0.148. The Morgan fingerprint density at radius 1 is 1.37 bits per heavy atom. The van der Waals surface area contributed by atoms with Crippen molar-refractivity contribution in [1.82, 2.24) is 0 Å². The van der Waals surface area contributed by atoms with E-state index < -0.39 is 0 Å². The first-order chi connectivity index (χ1) is 9.10. The highest BCUT2D eigenvalue weighted by Crippen LogP contribution is 2.32. The van der Waals surface area contributed by atoms with Crippen molar-refractivity contribution in [2.75, 3.05) is 0 Å². The molecule has 0 spiro atoms. The molecule has 2 rings (SSSR count). The van der Waals surface area contributed by atoms with Gasteiger partial charge in [0.25, 0.3) is 0 Å². The maximum absolute atomic E-state index is 13.1. The van der Waals surface area contributed by atoms with E-state index in [0.29, 0.717) is 11.7 Å². The lowest BCUT2D eigenvalue weighted by Gasteiger charge is -2.28. The van der Waals surface area contributed by atoms with E-state index in [1.54, 1.807) is 6.07 Å². The summed E-state index contributed by atoms with van der Waals surface area (Å²) in [6, 6.07) is 4.90. The molecule has 1 saturated carbocycles. The highest BCUT2D eigenvalue weighted by molar-refractivity contribution is 5.82. The summed E-state index contributed by atoms with van der Waals surface area (Å²) in [5.41, 5.74) is 2.09. The summed E-state index contributed by atoms with van der Waals surface area (Å²) in [5, 5.41) is 0. The second-order valence-electron chi connectivity index (χ2n) is 5.87. The van der Waals surface area contributed by atoms with Crippen molar-refractivity contribution >= 4 is 5.78 Å². The summed E-state index contributed by atoms with van der Waals surface area (Å²) in [4.78, 5) is 12.1. The van der Waals surface area contributed by atoms with Crippen molar-refractivity contribution in [1.29, 1.82) is 0 Å². The van der Waals surface area contributed by atoms with E-state index in [9.17, 15) is 9.18 Å². The molecule has 1 aliphatic carbocycles. The van der Waals surface area contributed by atoms with Crippen LogP contribution in [0.3, 0.4) is 0 Å². The van der Waals surface area contributed by atoms with Crippen LogP contribution in [0.4, 0.5) is 4.39 Å². The van der Waals surface area contributed by atoms with Crippen LogP contribution in [0.15, 0.2) is 18.2 Å². The Balaban J connectivity index is 2.05. The van der Waals surface area contributed by atoms with E-state index in [1.807, 2.05) is 13.0 Å². The fourth-order valence-electron chi connectivity index (χ4n) is 3.22. The summed E-state index contributed by atoms with van der Waals surface area (Å²) >= 11 is 0. The number of Topliss-reactive ketones (excluding diaryl/α,β-unsaturated/α-hetero) is 1. The van der Waals surface area contributed by atoms with Gasteiger partial charge in [0.2, 0.25) is 0 Å². The zero-order chi connectivity index (χ0) is 13.8. The van der Waals surface area contributed by atoms with Crippen LogP contribution in [-0.2, 0) is 11.2 Å². The number of ketones is 1. The number of carbonyl (C=O) groups excluding carboxylic acids is 1. The number of carbonyl (C=O) groups is 1. The Labute approximate surface area is 115 Å². The predicted octanol–water partition coefficient (Wildman–Crippen LogP) is 4.46. The highest BCUT2D eigenvalue weighted by Gasteiger charge is 2.28. The van der Waals surface area contributed by atoms with Gasteiger partial charge in [-0.2, -0.15) is 0 Å². The molecule has 1 aromatic rings. The molecule has 0 aliphatic heterocycles. The van der Waals surface area contributed by atoms with Crippen LogP contribution >= 0.6 is 0 Å². The molecular weight excluding hydrogens is 239 g/mol. The van der Waals surface area contributed by atoms with Crippen LogP contribution in [0.2, 0.25) is 0 Å². The molecule has 1 fully saturated rings. The van der Waals surface area contributed by atoms with Crippen molar-refractivity contribution < 1.29 is 9.18 Å². The molecular formula is C17H23FO. The molecule has 0 saturated heterocycles. The average Bonchev–Trinajstić information content (AvgIpc) is 2.37. The maximum Gasteiger partial charge on any atom is 0.136 e. The van der Waals surface area contributed by atoms with E-state index in [-0.39, 0.29) is 11.7 Å². The summed E-state index contributed by atoms with van der Waals surface area (Å²) in [7, 11) is 0. The molecule has 2 unspecified atom stereocenters. The van der Waals surface area contributed by atoms with Gasteiger partial charge in [0.05, 0.1) is 0 Å². The van der Waals surface area contributed by atoms with Gasteiger partial charge in [-0.05, 0) is 55.4 Å². The predicted molar refractivity (Wildman–Crippen MR) is 75.6 cm³/mol. The first-order valence-electron chi connectivity index (χ1n) is 7.38. The Morgan fingerprint density at radius 2 is 2.16 bits per heavy atom. The summed E-state index contributed by atoms with van der Waals surface area (Å²) in [6.07, 6.45) is 6.02. The molecule has 2 heteroatoms. The van der Waals surface area contributed by atoms with Gasteiger partial charge in [-0.1, -0.05) is 25.8 Å². The molecule has 0 heterocycles. The Kier molecular flexibility index (Phi) is 4.73. The van der Waals surface area contributed by atoms with E-state index >= 15 is 0 Å². The van der Waals surface area contributed by atoms with Crippen LogP contribution < -0.4 is 0 Å². The zero-order valence-corrected chi connectivity index (χ0v) is 11.9. The van der Waals surface area contributed by atoms with Crippen LogP contribution in [0.25, 0.3) is 0 Å². The first kappa shape index (κ1) is 14.2. The Hall–Kier alpha value is -1.18. The van der Waals surface area contributed by atoms with Gasteiger partial charge in [0.15, 0.2) is 0 Å².